The number of benzene rings is 2. The molecule has 1 saturated heterocycles. The van der Waals surface area contributed by atoms with Crippen LogP contribution in [0, 0.1) is 5.92 Å². The summed E-state index contributed by atoms with van der Waals surface area (Å²) in [5, 5.41) is 32.6. The number of aliphatic hydroxyl groups excluding tert-OH is 1. The van der Waals surface area contributed by atoms with E-state index in [0.717, 1.165) is 24.2 Å². The first-order valence-electron chi connectivity index (χ1n) is 13.8. The van der Waals surface area contributed by atoms with Crippen molar-refractivity contribution in [3.63, 3.8) is 0 Å². The third-order valence-electron chi connectivity index (χ3n) is 10.0. The monoisotopic (exact) mass is 519 g/mol. The molecule has 8 heteroatoms. The van der Waals surface area contributed by atoms with Crippen LogP contribution in [0.1, 0.15) is 65.6 Å². The van der Waals surface area contributed by atoms with Crippen LogP contribution in [-0.2, 0) is 23.1 Å². The summed E-state index contributed by atoms with van der Waals surface area (Å²) in [4.78, 5) is 26.5. The van der Waals surface area contributed by atoms with Gasteiger partial charge in [0.1, 0.15) is 6.10 Å². The number of carboxylic acid groups (broad SMARTS) is 1. The topological polar surface area (TPSA) is 117 Å². The molecule has 5 atom stereocenters. The van der Waals surface area contributed by atoms with E-state index in [1.54, 1.807) is 18.2 Å². The maximum atomic E-state index is 12.9. The number of aromatic carboxylic acids is 1. The number of carbonyl (C=O) groups is 2. The Hall–Kier alpha value is -2.94. The molecule has 2 aliphatic heterocycles. The summed E-state index contributed by atoms with van der Waals surface area (Å²) >= 11 is 0. The Bertz CT molecular complexity index is 1300. The van der Waals surface area contributed by atoms with Crippen molar-refractivity contribution < 1.29 is 34.4 Å². The van der Waals surface area contributed by atoms with Crippen LogP contribution in [0.25, 0.3) is 0 Å². The fourth-order valence-electron chi connectivity index (χ4n) is 7.99. The number of carbonyl (C=O) groups excluding carboxylic acids is 1. The number of aliphatic hydroxyl groups is 2. The van der Waals surface area contributed by atoms with E-state index in [1.165, 1.54) is 31.4 Å². The lowest BCUT2D eigenvalue weighted by Crippen LogP contribution is -2.77. The predicted molar refractivity (Wildman–Crippen MR) is 136 cm³/mol. The highest BCUT2D eigenvalue weighted by Gasteiger charge is 2.73. The van der Waals surface area contributed by atoms with Gasteiger partial charge in [0.2, 0.25) is 0 Å². The first-order valence-corrected chi connectivity index (χ1v) is 13.8. The lowest BCUT2D eigenvalue weighted by Gasteiger charge is -2.64. The number of nitrogens with zero attached hydrogens (tertiary/aromatic N) is 1. The van der Waals surface area contributed by atoms with Crippen LogP contribution in [0.3, 0.4) is 0 Å². The van der Waals surface area contributed by atoms with Crippen LogP contribution >= 0.6 is 0 Å². The second-order valence-corrected chi connectivity index (χ2v) is 11.9. The average molecular weight is 520 g/mol. The largest absolute Gasteiger partial charge is 0.482 e. The Morgan fingerprint density at radius 1 is 1.08 bits per heavy atom. The molecule has 38 heavy (non-hydrogen) atoms. The minimum atomic E-state index is -1.02. The Balaban J connectivity index is 1.21. The Labute approximate surface area is 221 Å². The number of carboxylic acids is 1. The number of rotatable bonds is 6. The Morgan fingerprint density at radius 3 is 2.58 bits per heavy atom. The van der Waals surface area contributed by atoms with E-state index in [2.05, 4.69) is 4.90 Å². The molecule has 0 radical (unpaired) electrons. The van der Waals surface area contributed by atoms with E-state index >= 15 is 0 Å². The molecule has 3 fully saturated rings. The summed E-state index contributed by atoms with van der Waals surface area (Å²) in [5.41, 5.74) is 1.10. The van der Waals surface area contributed by atoms with Gasteiger partial charge in [-0.05, 0) is 80.3 Å². The zero-order valence-corrected chi connectivity index (χ0v) is 21.3. The van der Waals surface area contributed by atoms with Gasteiger partial charge in [0.25, 0.3) is 0 Å². The van der Waals surface area contributed by atoms with Crippen LogP contribution in [0.2, 0.25) is 0 Å². The third kappa shape index (κ3) is 3.33. The number of hydrogen-bond acceptors (Lipinski definition) is 7. The molecule has 0 aromatic heterocycles. The van der Waals surface area contributed by atoms with E-state index < -0.39 is 35.2 Å². The third-order valence-corrected chi connectivity index (χ3v) is 10.0. The fraction of sp³-hybridized carbons (Fsp3) is 0.533. The van der Waals surface area contributed by atoms with E-state index in [-0.39, 0.29) is 18.0 Å². The minimum Gasteiger partial charge on any atom is -0.482 e. The van der Waals surface area contributed by atoms with E-state index in [4.69, 9.17) is 14.6 Å². The fourth-order valence-corrected chi connectivity index (χ4v) is 7.99. The lowest BCUT2D eigenvalue weighted by molar-refractivity contribution is -0.209. The van der Waals surface area contributed by atoms with Crippen molar-refractivity contribution in [2.24, 2.45) is 5.92 Å². The molecule has 2 aromatic carbocycles. The molecule has 0 unspecified atom stereocenters. The van der Waals surface area contributed by atoms with E-state index in [1.807, 2.05) is 6.07 Å². The van der Waals surface area contributed by atoms with Crippen LogP contribution in [-0.4, -0.2) is 69.1 Å². The summed E-state index contributed by atoms with van der Waals surface area (Å²) in [6.45, 7) is 1.87. The molecule has 7 rings (SSSR count). The van der Waals surface area contributed by atoms with Gasteiger partial charge in [0.05, 0.1) is 29.1 Å². The van der Waals surface area contributed by atoms with Crippen molar-refractivity contribution in [2.45, 2.75) is 80.6 Å². The standard InChI is InChI=1S/C30H33NO7/c32-21-10-11-30(36)23-15-20-8-9-22(37-24(33)14-17-4-6-19(7-5-17)28(34)35)26-25(20)29(30,27(21)38-26)12-13-31(23)16-18-2-1-3-18/h4-9,18,21,23,27,32,36H,1-3,10-16H2,(H,34,35)/t21-,23+,27-,29-,30+/m0/s1. The van der Waals surface area contributed by atoms with Crippen molar-refractivity contribution in [1.29, 1.82) is 0 Å². The van der Waals surface area contributed by atoms with E-state index in [9.17, 15) is 19.8 Å². The molecule has 0 amide bonds. The highest BCUT2D eigenvalue weighted by Crippen LogP contribution is 2.65. The van der Waals surface area contributed by atoms with Gasteiger partial charge in [-0.3, -0.25) is 9.69 Å². The molecule has 3 aliphatic carbocycles. The second kappa shape index (κ2) is 8.53. The number of esters is 1. The second-order valence-electron chi connectivity index (χ2n) is 11.9. The molecule has 8 nitrogen and oxygen atoms in total. The van der Waals surface area contributed by atoms with Crippen molar-refractivity contribution in [3.8, 4) is 11.5 Å². The van der Waals surface area contributed by atoms with Gasteiger partial charge < -0.3 is 24.8 Å². The molecular formula is C30H33NO7. The first-order chi connectivity index (χ1) is 18.3. The normalized spacial score (nSPS) is 33.2. The molecule has 3 N–H and O–H groups in total. The molecule has 5 aliphatic rings. The molecular weight excluding hydrogens is 486 g/mol. The molecule has 1 spiro atoms. The average Bonchev–Trinajstić information content (AvgIpc) is 3.22. The summed E-state index contributed by atoms with van der Waals surface area (Å²) < 4.78 is 12.3. The predicted octanol–water partition coefficient (Wildman–Crippen LogP) is 2.85. The summed E-state index contributed by atoms with van der Waals surface area (Å²) in [7, 11) is 0. The highest BCUT2D eigenvalue weighted by atomic mass is 16.6. The molecule has 2 heterocycles. The van der Waals surface area contributed by atoms with Gasteiger partial charge in [0, 0.05) is 18.2 Å². The first kappa shape index (κ1) is 24.1. The number of piperidine rings is 1. The highest BCUT2D eigenvalue weighted by molar-refractivity contribution is 5.87. The summed E-state index contributed by atoms with van der Waals surface area (Å²) in [5.74, 6) is -0.0130. The minimum absolute atomic E-state index is 0.0175. The van der Waals surface area contributed by atoms with Crippen LogP contribution in [0.4, 0.5) is 0 Å². The summed E-state index contributed by atoms with van der Waals surface area (Å²) in [6, 6.07) is 9.89. The van der Waals surface area contributed by atoms with Gasteiger partial charge in [-0.25, -0.2) is 4.79 Å². The Morgan fingerprint density at radius 2 is 1.87 bits per heavy atom. The molecule has 200 valence electrons. The van der Waals surface area contributed by atoms with Crippen molar-refractivity contribution >= 4 is 11.9 Å². The molecule has 2 saturated carbocycles. The van der Waals surface area contributed by atoms with Gasteiger partial charge >= 0.3 is 11.9 Å². The smallest absolute Gasteiger partial charge is 0.335 e. The van der Waals surface area contributed by atoms with Crippen molar-refractivity contribution in [3.05, 3.63) is 58.7 Å². The number of hydrogen-bond donors (Lipinski definition) is 3. The van der Waals surface area contributed by atoms with Crippen molar-refractivity contribution in [2.75, 3.05) is 13.1 Å². The SMILES string of the molecule is O=C(Cc1ccc(C(=O)O)cc1)Oc1ccc2c3c1O[C@H]1[C@@H](O)CC[C@@]4(O)[C@@H](C2)N(CC2CCC2)CC[C@]314. The van der Waals surface area contributed by atoms with Gasteiger partial charge in [-0.15, -0.1) is 0 Å². The van der Waals surface area contributed by atoms with Crippen molar-refractivity contribution in [1.82, 2.24) is 4.90 Å². The Kier molecular flexibility index (Phi) is 5.42. The summed E-state index contributed by atoms with van der Waals surface area (Å²) in [6.07, 6.45) is 4.92. The number of ether oxygens (including phenoxy) is 2. The van der Waals surface area contributed by atoms with Crippen LogP contribution < -0.4 is 9.47 Å². The quantitative estimate of drug-likeness (QED) is 0.394. The van der Waals surface area contributed by atoms with Gasteiger partial charge in [-0.1, -0.05) is 24.6 Å². The van der Waals surface area contributed by atoms with Crippen LogP contribution in [0.15, 0.2) is 36.4 Å². The van der Waals surface area contributed by atoms with Gasteiger partial charge in [0.15, 0.2) is 11.5 Å². The zero-order chi connectivity index (χ0) is 26.2. The van der Waals surface area contributed by atoms with E-state index in [0.29, 0.717) is 48.7 Å². The maximum Gasteiger partial charge on any atom is 0.335 e. The van der Waals surface area contributed by atoms with Crippen LogP contribution in [0.5, 0.6) is 11.5 Å². The maximum absolute atomic E-state index is 12.9. The van der Waals surface area contributed by atoms with Gasteiger partial charge in [-0.2, -0.15) is 0 Å². The number of likely N-dealkylation sites (tertiary alicyclic amines) is 1. The molecule has 2 bridgehead atoms. The molecule has 2 aromatic rings. The lowest BCUT2D eigenvalue weighted by atomic mass is 9.48. The zero-order valence-electron chi connectivity index (χ0n) is 21.3.